The average molecular weight is 355 g/mol. The third kappa shape index (κ3) is 2.83. The van der Waals surface area contributed by atoms with Gasteiger partial charge in [-0.25, -0.2) is 13.4 Å². The number of aromatic nitrogens is 3. The Bertz CT molecular complexity index is 773. The van der Waals surface area contributed by atoms with Gasteiger partial charge >= 0.3 is 0 Å². The molecule has 0 amide bonds. The number of aryl methyl sites for hydroxylation is 1. The predicted octanol–water partition coefficient (Wildman–Crippen LogP) is 2.41. The molecule has 1 fully saturated rings. The quantitative estimate of drug-likeness (QED) is 0.845. The second-order valence-corrected chi connectivity index (χ2v) is 9.01. The smallest absolute Gasteiger partial charge is 0.246 e. The molecule has 1 saturated heterocycles. The van der Waals surface area contributed by atoms with E-state index in [1.54, 1.807) is 20.3 Å². The summed E-state index contributed by atoms with van der Waals surface area (Å²) in [6.45, 7) is 7.66. The first-order valence-corrected chi connectivity index (χ1v) is 10.1. The van der Waals surface area contributed by atoms with Gasteiger partial charge in [0.25, 0.3) is 0 Å². The summed E-state index contributed by atoms with van der Waals surface area (Å²) in [6, 6.07) is 0. The molecule has 0 N–H and O–H groups in total. The number of piperidine rings is 1. The van der Waals surface area contributed by atoms with Gasteiger partial charge < -0.3 is 0 Å². The molecule has 23 heavy (non-hydrogen) atoms. The normalized spacial score (nSPS) is 19.1. The van der Waals surface area contributed by atoms with Crippen LogP contribution in [0.4, 0.5) is 0 Å². The van der Waals surface area contributed by atoms with Crippen molar-refractivity contribution in [2.45, 2.75) is 50.5 Å². The number of thiazole rings is 1. The van der Waals surface area contributed by atoms with Crippen LogP contribution in [0.25, 0.3) is 0 Å². The standard InChI is InChI=1S/C15H22N4O2S2/c1-4-19-12(2)13(11-17-19)23(20,21)18-8-5-15(3,6-9-18)14-16-7-10-22-14/h7,10-11H,4-6,8-9H2,1-3H3. The molecular weight excluding hydrogens is 332 g/mol. The van der Waals surface area contributed by atoms with Gasteiger partial charge in [-0.1, -0.05) is 6.92 Å². The van der Waals surface area contributed by atoms with Crippen LogP contribution in [0.5, 0.6) is 0 Å². The number of hydrogen-bond acceptors (Lipinski definition) is 5. The molecule has 3 rings (SSSR count). The zero-order valence-electron chi connectivity index (χ0n) is 13.7. The number of rotatable bonds is 4. The van der Waals surface area contributed by atoms with E-state index < -0.39 is 10.0 Å². The van der Waals surface area contributed by atoms with E-state index in [2.05, 4.69) is 17.0 Å². The third-order valence-electron chi connectivity index (χ3n) is 4.75. The minimum absolute atomic E-state index is 0.0250. The zero-order chi connectivity index (χ0) is 16.7. The minimum Gasteiger partial charge on any atom is -0.269 e. The Labute approximate surface area is 141 Å². The van der Waals surface area contributed by atoms with Crippen molar-refractivity contribution >= 4 is 21.4 Å². The van der Waals surface area contributed by atoms with Crippen molar-refractivity contribution in [3.63, 3.8) is 0 Å². The van der Waals surface area contributed by atoms with Crippen molar-refractivity contribution in [2.24, 2.45) is 0 Å². The predicted molar refractivity (Wildman–Crippen MR) is 90.1 cm³/mol. The first-order chi connectivity index (χ1) is 10.9. The molecule has 8 heteroatoms. The summed E-state index contributed by atoms with van der Waals surface area (Å²) >= 11 is 1.65. The second-order valence-electron chi connectivity index (χ2n) is 6.21. The summed E-state index contributed by atoms with van der Waals surface area (Å²) in [4.78, 5) is 4.75. The molecule has 126 valence electrons. The van der Waals surface area contributed by atoms with Gasteiger partial charge in [0.1, 0.15) is 4.90 Å². The van der Waals surface area contributed by atoms with Crippen molar-refractivity contribution in [3.05, 3.63) is 28.5 Å². The lowest BCUT2D eigenvalue weighted by atomic mass is 9.82. The van der Waals surface area contributed by atoms with E-state index in [-0.39, 0.29) is 5.41 Å². The largest absolute Gasteiger partial charge is 0.269 e. The molecule has 2 aromatic heterocycles. The van der Waals surface area contributed by atoms with E-state index in [4.69, 9.17) is 0 Å². The van der Waals surface area contributed by atoms with E-state index in [0.717, 1.165) is 17.8 Å². The van der Waals surface area contributed by atoms with Crippen molar-refractivity contribution < 1.29 is 8.42 Å². The Morgan fingerprint density at radius 3 is 2.57 bits per heavy atom. The average Bonchev–Trinajstić information content (AvgIpc) is 3.17. The monoisotopic (exact) mass is 354 g/mol. The Balaban J connectivity index is 1.80. The summed E-state index contributed by atoms with van der Waals surface area (Å²) in [5.41, 5.74) is 0.684. The van der Waals surface area contributed by atoms with Crippen LogP contribution in [0.1, 0.15) is 37.4 Å². The van der Waals surface area contributed by atoms with Crippen LogP contribution in [-0.2, 0) is 22.0 Å². The first-order valence-electron chi connectivity index (χ1n) is 7.81. The zero-order valence-corrected chi connectivity index (χ0v) is 15.3. The minimum atomic E-state index is -3.47. The first kappa shape index (κ1) is 16.6. The lowest BCUT2D eigenvalue weighted by Crippen LogP contribution is -2.43. The van der Waals surface area contributed by atoms with Crippen molar-refractivity contribution in [1.29, 1.82) is 0 Å². The summed E-state index contributed by atoms with van der Waals surface area (Å²) < 4.78 is 29.1. The summed E-state index contributed by atoms with van der Waals surface area (Å²) in [7, 11) is -3.47. The molecule has 0 unspecified atom stereocenters. The SMILES string of the molecule is CCn1ncc(S(=O)(=O)N2CCC(C)(c3nccs3)CC2)c1C. The van der Waals surface area contributed by atoms with Crippen molar-refractivity contribution in [2.75, 3.05) is 13.1 Å². The van der Waals surface area contributed by atoms with Gasteiger partial charge in [0.2, 0.25) is 10.0 Å². The maximum atomic E-state index is 12.9. The van der Waals surface area contributed by atoms with E-state index >= 15 is 0 Å². The lowest BCUT2D eigenvalue weighted by Gasteiger charge is -2.37. The molecule has 3 heterocycles. The molecular formula is C15H22N4O2S2. The molecule has 6 nitrogen and oxygen atoms in total. The molecule has 0 saturated carbocycles. The van der Waals surface area contributed by atoms with Gasteiger partial charge in [-0.3, -0.25) is 4.68 Å². The van der Waals surface area contributed by atoms with Crippen LogP contribution in [-0.4, -0.2) is 40.6 Å². The lowest BCUT2D eigenvalue weighted by molar-refractivity contribution is 0.248. The van der Waals surface area contributed by atoms with E-state index in [1.165, 1.54) is 6.20 Å². The summed E-state index contributed by atoms with van der Waals surface area (Å²) in [6.07, 6.45) is 4.88. The van der Waals surface area contributed by atoms with Crippen LogP contribution in [0.15, 0.2) is 22.7 Å². The molecule has 0 spiro atoms. The maximum absolute atomic E-state index is 12.9. The Kier molecular flexibility index (Phi) is 4.33. The molecule has 0 aromatic carbocycles. The van der Waals surface area contributed by atoms with Gasteiger partial charge in [0.15, 0.2) is 0 Å². The molecule has 0 bridgehead atoms. The van der Waals surface area contributed by atoms with Crippen LogP contribution in [0, 0.1) is 6.92 Å². The van der Waals surface area contributed by atoms with Gasteiger partial charge in [0.05, 0.1) is 16.9 Å². The highest BCUT2D eigenvalue weighted by molar-refractivity contribution is 7.89. The number of hydrogen-bond donors (Lipinski definition) is 0. The molecule has 2 aromatic rings. The Hall–Kier alpha value is -1.25. The van der Waals surface area contributed by atoms with Gasteiger partial charge in [-0.15, -0.1) is 11.3 Å². The highest BCUT2D eigenvalue weighted by Crippen LogP contribution is 2.37. The Morgan fingerprint density at radius 2 is 2.04 bits per heavy atom. The van der Waals surface area contributed by atoms with Crippen LogP contribution >= 0.6 is 11.3 Å². The fraction of sp³-hybridized carbons (Fsp3) is 0.600. The molecule has 0 atom stereocenters. The van der Waals surface area contributed by atoms with Crippen LogP contribution in [0.2, 0.25) is 0 Å². The topological polar surface area (TPSA) is 68.1 Å². The third-order valence-corrected chi connectivity index (χ3v) is 7.83. The van der Waals surface area contributed by atoms with E-state index in [9.17, 15) is 8.42 Å². The van der Waals surface area contributed by atoms with Gasteiger partial charge in [-0.05, 0) is 26.7 Å². The number of nitrogens with zero attached hydrogens (tertiary/aromatic N) is 4. The summed E-state index contributed by atoms with van der Waals surface area (Å²) in [5, 5.41) is 7.25. The Morgan fingerprint density at radius 1 is 1.35 bits per heavy atom. The molecule has 1 aliphatic heterocycles. The highest BCUT2D eigenvalue weighted by Gasteiger charge is 2.38. The molecule has 0 aliphatic carbocycles. The number of sulfonamides is 1. The second kappa shape index (κ2) is 5.99. The maximum Gasteiger partial charge on any atom is 0.246 e. The van der Waals surface area contributed by atoms with Crippen molar-refractivity contribution in [3.8, 4) is 0 Å². The van der Waals surface area contributed by atoms with E-state index in [1.807, 2.05) is 25.4 Å². The molecule has 0 radical (unpaired) electrons. The fourth-order valence-corrected chi connectivity index (χ4v) is 5.56. The molecule has 1 aliphatic rings. The van der Waals surface area contributed by atoms with E-state index in [0.29, 0.717) is 30.2 Å². The van der Waals surface area contributed by atoms with Crippen LogP contribution < -0.4 is 0 Å². The van der Waals surface area contributed by atoms with Crippen molar-refractivity contribution in [1.82, 2.24) is 19.1 Å². The summed E-state index contributed by atoms with van der Waals surface area (Å²) in [5.74, 6) is 0. The van der Waals surface area contributed by atoms with Gasteiger partial charge in [-0.2, -0.15) is 9.40 Å². The van der Waals surface area contributed by atoms with Crippen LogP contribution in [0.3, 0.4) is 0 Å². The fourth-order valence-electron chi connectivity index (χ4n) is 3.10. The van der Waals surface area contributed by atoms with Gasteiger partial charge in [0, 0.05) is 36.6 Å². The highest BCUT2D eigenvalue weighted by atomic mass is 32.2.